The molecule has 6 heteroatoms. The van der Waals surface area contributed by atoms with Gasteiger partial charge in [-0.15, -0.1) is 0 Å². The third-order valence-electron chi connectivity index (χ3n) is 3.43. The molecule has 0 saturated carbocycles. The van der Waals surface area contributed by atoms with Gasteiger partial charge in [-0.05, 0) is 49.6 Å². The van der Waals surface area contributed by atoms with Crippen LogP contribution >= 0.6 is 0 Å². The molecule has 0 unspecified atom stereocenters. The van der Waals surface area contributed by atoms with Crippen molar-refractivity contribution in [3.05, 3.63) is 54.5 Å². The maximum absolute atomic E-state index is 5.61. The number of hydrogen-bond donors (Lipinski definition) is 4. The molecule has 6 nitrogen and oxygen atoms in total. The number of nitrogens with zero attached hydrogens (tertiary/aromatic N) is 2. The lowest BCUT2D eigenvalue weighted by atomic mass is 10.0. The molecule has 0 spiro atoms. The van der Waals surface area contributed by atoms with E-state index in [4.69, 9.17) is 5.73 Å². The highest BCUT2D eigenvalue weighted by Crippen LogP contribution is 2.26. The van der Waals surface area contributed by atoms with Gasteiger partial charge in [0, 0.05) is 12.7 Å². The predicted octanol–water partition coefficient (Wildman–Crippen LogP) is 3.27. The number of aryl methyl sites for hydroxylation is 1. The zero-order chi connectivity index (χ0) is 17.7. The topological polar surface area (TPSA) is 91.1 Å². The maximum atomic E-state index is 5.61. The average Bonchev–Trinajstić information content (AvgIpc) is 2.88. The number of aromatic amines is 1. The molecule has 0 aliphatic rings. The van der Waals surface area contributed by atoms with Crippen LogP contribution in [0.3, 0.4) is 0 Å². The van der Waals surface area contributed by atoms with Gasteiger partial charge < -0.3 is 21.4 Å². The van der Waals surface area contributed by atoms with Crippen LogP contribution in [-0.2, 0) is 0 Å². The van der Waals surface area contributed by atoms with Gasteiger partial charge in [0.25, 0.3) is 0 Å². The number of H-pyrrole nitrogens is 1. The highest BCUT2D eigenvalue weighted by molar-refractivity contribution is 5.87. The van der Waals surface area contributed by atoms with Crippen LogP contribution in [0.5, 0.6) is 0 Å². The van der Waals surface area contributed by atoms with Gasteiger partial charge in [0.1, 0.15) is 0 Å². The SMILES string of the molecule is C=C/C(=C\N=C(C)N)c1cc2nc(NC(=C)NCC)[nH]c2cc1C. The minimum absolute atomic E-state index is 0.501. The second kappa shape index (κ2) is 7.50. The van der Waals surface area contributed by atoms with Crippen molar-refractivity contribution < 1.29 is 0 Å². The number of nitrogens with two attached hydrogens (primary N) is 1. The number of amidine groups is 1. The molecule has 2 aromatic rings. The van der Waals surface area contributed by atoms with E-state index >= 15 is 0 Å². The molecule has 0 saturated heterocycles. The number of imidazole rings is 1. The Hall–Kier alpha value is -3.02. The van der Waals surface area contributed by atoms with Gasteiger partial charge in [-0.1, -0.05) is 19.2 Å². The van der Waals surface area contributed by atoms with Crippen molar-refractivity contribution in [2.24, 2.45) is 10.7 Å². The van der Waals surface area contributed by atoms with Gasteiger partial charge in [-0.25, -0.2) is 9.98 Å². The summed E-state index contributed by atoms with van der Waals surface area (Å²) in [4.78, 5) is 12.0. The molecule has 0 aliphatic heterocycles. The number of anilines is 1. The van der Waals surface area contributed by atoms with E-state index in [1.165, 1.54) is 0 Å². The maximum Gasteiger partial charge on any atom is 0.206 e. The summed E-state index contributed by atoms with van der Waals surface area (Å²) in [5, 5.41) is 6.21. The van der Waals surface area contributed by atoms with Crippen LogP contribution in [0.15, 0.2) is 48.4 Å². The van der Waals surface area contributed by atoms with Crippen molar-refractivity contribution >= 4 is 28.4 Å². The van der Waals surface area contributed by atoms with Crippen molar-refractivity contribution in [2.75, 3.05) is 11.9 Å². The normalized spacial score (nSPS) is 12.3. The molecule has 1 heterocycles. The lowest BCUT2D eigenvalue weighted by molar-refractivity contribution is 0.860. The van der Waals surface area contributed by atoms with Gasteiger partial charge in [-0.2, -0.15) is 0 Å². The summed E-state index contributed by atoms with van der Waals surface area (Å²) in [6.07, 6.45) is 3.48. The Kier molecular flexibility index (Phi) is 5.42. The van der Waals surface area contributed by atoms with Crippen LogP contribution in [0.25, 0.3) is 16.6 Å². The first-order valence-corrected chi connectivity index (χ1v) is 7.77. The molecule has 0 atom stereocenters. The highest BCUT2D eigenvalue weighted by atomic mass is 15.2. The Morgan fingerprint density at radius 1 is 1.46 bits per heavy atom. The summed E-state index contributed by atoms with van der Waals surface area (Å²) in [5.74, 6) is 1.85. The molecule has 126 valence electrons. The number of aliphatic imine (C=N–C) groups is 1. The minimum Gasteiger partial charge on any atom is -0.387 e. The van der Waals surface area contributed by atoms with Gasteiger partial charge >= 0.3 is 0 Å². The number of aromatic nitrogens is 2. The van der Waals surface area contributed by atoms with Crippen molar-refractivity contribution in [3.8, 4) is 0 Å². The monoisotopic (exact) mass is 324 g/mol. The van der Waals surface area contributed by atoms with Crippen molar-refractivity contribution in [2.45, 2.75) is 20.8 Å². The summed E-state index contributed by atoms with van der Waals surface area (Å²) < 4.78 is 0. The average molecular weight is 324 g/mol. The summed E-state index contributed by atoms with van der Waals surface area (Å²) in [6.45, 7) is 14.3. The molecule has 1 aromatic carbocycles. The third-order valence-corrected chi connectivity index (χ3v) is 3.43. The first-order chi connectivity index (χ1) is 11.4. The van der Waals surface area contributed by atoms with E-state index in [9.17, 15) is 0 Å². The number of benzene rings is 1. The number of allylic oxidation sites excluding steroid dienone is 2. The lowest BCUT2D eigenvalue weighted by Crippen LogP contribution is -2.18. The Balaban J connectivity index is 2.41. The Morgan fingerprint density at radius 3 is 2.83 bits per heavy atom. The molecular weight excluding hydrogens is 300 g/mol. The van der Waals surface area contributed by atoms with Crippen molar-refractivity contribution in [1.29, 1.82) is 0 Å². The Labute approximate surface area is 142 Å². The number of nitrogens with one attached hydrogen (secondary N) is 3. The molecule has 2 rings (SSSR count). The molecule has 0 aliphatic carbocycles. The van der Waals surface area contributed by atoms with Gasteiger partial charge in [0.2, 0.25) is 5.95 Å². The van der Waals surface area contributed by atoms with Crippen LogP contribution in [-0.4, -0.2) is 22.3 Å². The molecule has 0 fully saturated rings. The van der Waals surface area contributed by atoms with Crippen LogP contribution in [0, 0.1) is 6.92 Å². The quantitative estimate of drug-likeness (QED) is 0.357. The van der Waals surface area contributed by atoms with Crippen LogP contribution < -0.4 is 16.4 Å². The fraction of sp³-hybridized carbons (Fsp3) is 0.222. The van der Waals surface area contributed by atoms with Crippen molar-refractivity contribution in [3.63, 3.8) is 0 Å². The fourth-order valence-corrected chi connectivity index (χ4v) is 2.34. The van der Waals surface area contributed by atoms with E-state index in [-0.39, 0.29) is 0 Å². The van der Waals surface area contributed by atoms with Gasteiger partial charge in [-0.3, -0.25) is 0 Å². The number of fused-ring (bicyclic) bond motifs is 1. The standard InChI is InChI=1S/C18H24N6/c1-6-14(10-21-12(4)19)15-9-17-16(8-11(15)3)23-18(24-17)22-13(5)20-7-2/h6,8-10,20H,1,5,7H2,2-4H3,(H2,19,21)(H2,22,23,24)/b14-10+. The smallest absolute Gasteiger partial charge is 0.206 e. The third kappa shape index (κ3) is 4.04. The molecule has 5 N–H and O–H groups in total. The summed E-state index contributed by atoms with van der Waals surface area (Å²) in [5.41, 5.74) is 10.4. The number of rotatable bonds is 7. The van der Waals surface area contributed by atoms with Gasteiger partial charge in [0.15, 0.2) is 0 Å². The highest BCUT2D eigenvalue weighted by Gasteiger charge is 2.09. The van der Waals surface area contributed by atoms with E-state index in [2.05, 4.69) is 44.8 Å². The lowest BCUT2D eigenvalue weighted by Gasteiger charge is -2.06. The molecule has 1 aromatic heterocycles. The van der Waals surface area contributed by atoms with Crippen molar-refractivity contribution in [1.82, 2.24) is 15.3 Å². The second-order valence-corrected chi connectivity index (χ2v) is 5.46. The zero-order valence-corrected chi connectivity index (χ0v) is 14.4. The van der Waals surface area contributed by atoms with E-state index in [0.29, 0.717) is 17.6 Å². The molecule has 0 amide bonds. The van der Waals surface area contributed by atoms with E-state index in [0.717, 1.165) is 34.3 Å². The molecule has 0 bridgehead atoms. The largest absolute Gasteiger partial charge is 0.387 e. The first kappa shape index (κ1) is 17.3. The van der Waals surface area contributed by atoms with E-state index in [1.807, 2.05) is 19.9 Å². The van der Waals surface area contributed by atoms with Crippen LogP contribution in [0.2, 0.25) is 0 Å². The number of hydrogen-bond acceptors (Lipinski definition) is 4. The molecule has 24 heavy (non-hydrogen) atoms. The summed E-state index contributed by atoms with van der Waals surface area (Å²) in [6, 6.07) is 4.06. The van der Waals surface area contributed by atoms with Crippen LogP contribution in [0.4, 0.5) is 5.95 Å². The molecular formula is C18H24N6. The Bertz CT molecular complexity index is 821. The predicted molar refractivity (Wildman–Crippen MR) is 103 cm³/mol. The fourth-order valence-electron chi connectivity index (χ4n) is 2.34. The first-order valence-electron chi connectivity index (χ1n) is 7.77. The van der Waals surface area contributed by atoms with E-state index in [1.54, 1.807) is 19.2 Å². The van der Waals surface area contributed by atoms with Gasteiger partial charge in [0.05, 0.1) is 22.7 Å². The minimum atomic E-state index is 0.501. The Morgan fingerprint density at radius 2 is 2.21 bits per heavy atom. The van der Waals surface area contributed by atoms with Crippen LogP contribution in [0.1, 0.15) is 25.0 Å². The van der Waals surface area contributed by atoms with E-state index < -0.39 is 0 Å². The zero-order valence-electron chi connectivity index (χ0n) is 14.4. The molecule has 0 radical (unpaired) electrons. The second-order valence-electron chi connectivity index (χ2n) is 5.46. The summed E-state index contributed by atoms with van der Waals surface area (Å²) in [7, 11) is 0. The summed E-state index contributed by atoms with van der Waals surface area (Å²) >= 11 is 0.